The van der Waals surface area contributed by atoms with Crippen LogP contribution < -0.4 is 5.32 Å². The number of benzene rings is 1. The largest absolute Gasteiger partial charge is 0.310 e. The minimum atomic E-state index is -0.0645. The molecule has 2 aromatic rings. The molecule has 23 heavy (non-hydrogen) atoms. The molecule has 1 aliphatic carbocycles. The molecule has 0 bridgehead atoms. The number of pyridine rings is 1. The Hall–Kier alpha value is -1.91. The van der Waals surface area contributed by atoms with Crippen LogP contribution in [0.1, 0.15) is 30.0 Å². The molecular weight excluding hydrogens is 310 g/mol. The van der Waals surface area contributed by atoms with E-state index in [-0.39, 0.29) is 5.91 Å². The van der Waals surface area contributed by atoms with Crippen LogP contribution in [0.2, 0.25) is 5.02 Å². The van der Waals surface area contributed by atoms with Crippen molar-refractivity contribution >= 4 is 23.3 Å². The highest BCUT2D eigenvalue weighted by atomic mass is 35.5. The van der Waals surface area contributed by atoms with E-state index in [1.54, 1.807) is 12.1 Å². The topological polar surface area (TPSA) is 45.2 Å². The predicted molar refractivity (Wildman–Crippen MR) is 92.6 cm³/mol. The number of aromatic nitrogens is 1. The van der Waals surface area contributed by atoms with Crippen LogP contribution in [-0.4, -0.2) is 29.4 Å². The Balaban J connectivity index is 1.64. The molecule has 0 aliphatic heterocycles. The van der Waals surface area contributed by atoms with Gasteiger partial charge in [-0.1, -0.05) is 35.9 Å². The molecule has 0 saturated carbocycles. The molecule has 1 atom stereocenters. The summed E-state index contributed by atoms with van der Waals surface area (Å²) < 4.78 is 0. The normalized spacial score (nSPS) is 16.9. The number of rotatable bonds is 4. The maximum Gasteiger partial charge on any atom is 0.239 e. The molecule has 1 amide bonds. The van der Waals surface area contributed by atoms with Gasteiger partial charge < -0.3 is 5.32 Å². The Bertz CT molecular complexity index is 687. The predicted octanol–water partition coefficient (Wildman–Crippen LogP) is 3.68. The fourth-order valence-electron chi connectivity index (χ4n) is 3.15. The first-order valence-corrected chi connectivity index (χ1v) is 8.21. The third-order valence-corrected chi connectivity index (χ3v) is 4.48. The zero-order valence-corrected chi connectivity index (χ0v) is 13.9. The molecule has 1 aliphatic rings. The molecule has 0 spiro atoms. The summed E-state index contributed by atoms with van der Waals surface area (Å²) in [5.41, 5.74) is 2.74. The number of nitrogens with zero attached hydrogens (tertiary/aromatic N) is 2. The van der Waals surface area contributed by atoms with Gasteiger partial charge in [0, 0.05) is 12.2 Å². The molecular formula is C18H20ClN3O. The van der Waals surface area contributed by atoms with Crippen molar-refractivity contribution in [1.29, 1.82) is 0 Å². The first-order chi connectivity index (χ1) is 11.1. The number of carbonyl (C=O) groups excluding carboxylic acids is 1. The third kappa shape index (κ3) is 3.89. The molecule has 1 unspecified atom stereocenters. The quantitative estimate of drug-likeness (QED) is 0.930. The van der Waals surface area contributed by atoms with Crippen LogP contribution in [0.5, 0.6) is 0 Å². The zero-order valence-electron chi connectivity index (χ0n) is 13.1. The number of likely N-dealkylation sites (N-methyl/N-ethyl adjacent to an activating group) is 1. The number of hydrogen-bond acceptors (Lipinski definition) is 3. The van der Waals surface area contributed by atoms with Crippen molar-refractivity contribution in [3.8, 4) is 0 Å². The van der Waals surface area contributed by atoms with E-state index in [0.717, 1.165) is 19.3 Å². The molecule has 4 nitrogen and oxygen atoms in total. The van der Waals surface area contributed by atoms with E-state index in [1.807, 2.05) is 7.05 Å². The minimum absolute atomic E-state index is 0.0645. The summed E-state index contributed by atoms with van der Waals surface area (Å²) in [6.07, 6.45) is 4.89. The highest BCUT2D eigenvalue weighted by molar-refractivity contribution is 6.30. The van der Waals surface area contributed by atoms with Gasteiger partial charge in [0.2, 0.25) is 5.91 Å². The lowest BCUT2D eigenvalue weighted by Gasteiger charge is -2.32. The summed E-state index contributed by atoms with van der Waals surface area (Å²) >= 11 is 5.80. The van der Waals surface area contributed by atoms with Crippen LogP contribution in [-0.2, 0) is 11.2 Å². The van der Waals surface area contributed by atoms with Gasteiger partial charge >= 0.3 is 0 Å². The fraction of sp³-hybridized carbons (Fsp3) is 0.333. The van der Waals surface area contributed by atoms with E-state index in [0.29, 0.717) is 23.4 Å². The van der Waals surface area contributed by atoms with Crippen molar-refractivity contribution < 1.29 is 4.79 Å². The molecule has 0 saturated heterocycles. The van der Waals surface area contributed by atoms with Gasteiger partial charge in [-0.05, 0) is 49.6 Å². The number of carbonyl (C=O) groups is 1. The second-order valence-corrected chi connectivity index (χ2v) is 6.37. The summed E-state index contributed by atoms with van der Waals surface area (Å²) in [6, 6.07) is 12.2. The zero-order chi connectivity index (χ0) is 16.2. The van der Waals surface area contributed by atoms with Crippen molar-refractivity contribution in [2.24, 2.45) is 0 Å². The summed E-state index contributed by atoms with van der Waals surface area (Å²) in [4.78, 5) is 18.4. The number of nitrogens with one attached hydrogen (secondary N) is 1. The highest BCUT2D eigenvalue weighted by Crippen LogP contribution is 2.33. The molecule has 1 N–H and O–H groups in total. The minimum Gasteiger partial charge on any atom is -0.310 e. The monoisotopic (exact) mass is 329 g/mol. The number of hydrogen-bond donors (Lipinski definition) is 1. The molecule has 120 valence electrons. The molecule has 1 heterocycles. The Labute approximate surface area is 141 Å². The first-order valence-electron chi connectivity index (χ1n) is 7.83. The lowest BCUT2D eigenvalue weighted by atomic mass is 9.87. The highest BCUT2D eigenvalue weighted by Gasteiger charge is 2.24. The second-order valence-electron chi connectivity index (χ2n) is 5.93. The van der Waals surface area contributed by atoms with E-state index in [9.17, 15) is 4.79 Å². The van der Waals surface area contributed by atoms with E-state index in [4.69, 9.17) is 11.6 Å². The average molecular weight is 330 g/mol. The Morgan fingerprint density at radius 2 is 2.17 bits per heavy atom. The van der Waals surface area contributed by atoms with Crippen LogP contribution in [0.3, 0.4) is 0 Å². The van der Waals surface area contributed by atoms with E-state index < -0.39 is 0 Å². The van der Waals surface area contributed by atoms with Crippen LogP contribution in [0, 0.1) is 0 Å². The van der Waals surface area contributed by atoms with E-state index in [1.165, 1.54) is 17.3 Å². The van der Waals surface area contributed by atoms with Gasteiger partial charge in [-0.2, -0.15) is 0 Å². The lowest BCUT2D eigenvalue weighted by molar-refractivity contribution is -0.117. The van der Waals surface area contributed by atoms with Crippen LogP contribution in [0.25, 0.3) is 0 Å². The summed E-state index contributed by atoms with van der Waals surface area (Å²) in [5.74, 6) is 0.460. The Morgan fingerprint density at radius 3 is 2.96 bits per heavy atom. The SMILES string of the molecule is CN(CC(=O)Nc1ccc(Cl)cn1)C1CCCc2ccccc21. The van der Waals surface area contributed by atoms with Crippen LogP contribution in [0.15, 0.2) is 42.6 Å². The Morgan fingerprint density at radius 1 is 1.35 bits per heavy atom. The van der Waals surface area contributed by atoms with Crippen molar-refractivity contribution in [3.05, 3.63) is 58.7 Å². The van der Waals surface area contributed by atoms with Gasteiger partial charge in [0.05, 0.1) is 11.6 Å². The third-order valence-electron chi connectivity index (χ3n) is 4.26. The lowest BCUT2D eigenvalue weighted by Crippen LogP contribution is -2.35. The fourth-order valence-corrected chi connectivity index (χ4v) is 3.27. The number of halogens is 1. The number of anilines is 1. The number of fused-ring (bicyclic) bond motifs is 1. The Kier molecular flexibility index (Phi) is 4.94. The smallest absolute Gasteiger partial charge is 0.239 e. The number of aryl methyl sites for hydroxylation is 1. The maximum absolute atomic E-state index is 12.2. The first kappa shape index (κ1) is 16.0. The van der Waals surface area contributed by atoms with E-state index >= 15 is 0 Å². The van der Waals surface area contributed by atoms with Gasteiger partial charge in [-0.3, -0.25) is 9.69 Å². The van der Waals surface area contributed by atoms with Gasteiger partial charge in [0.1, 0.15) is 5.82 Å². The van der Waals surface area contributed by atoms with E-state index in [2.05, 4.69) is 39.5 Å². The van der Waals surface area contributed by atoms with Crippen molar-refractivity contribution in [3.63, 3.8) is 0 Å². The summed E-state index contributed by atoms with van der Waals surface area (Å²) in [6.45, 7) is 0.337. The van der Waals surface area contributed by atoms with Gasteiger partial charge in [-0.15, -0.1) is 0 Å². The molecule has 3 rings (SSSR count). The number of amides is 1. The maximum atomic E-state index is 12.2. The average Bonchev–Trinajstić information content (AvgIpc) is 2.56. The molecule has 1 aromatic heterocycles. The van der Waals surface area contributed by atoms with Crippen molar-refractivity contribution in [1.82, 2.24) is 9.88 Å². The molecule has 0 radical (unpaired) electrons. The van der Waals surface area contributed by atoms with Crippen LogP contribution in [0.4, 0.5) is 5.82 Å². The van der Waals surface area contributed by atoms with Crippen molar-refractivity contribution in [2.45, 2.75) is 25.3 Å². The summed E-state index contributed by atoms with van der Waals surface area (Å²) in [5, 5.41) is 3.37. The van der Waals surface area contributed by atoms with Crippen molar-refractivity contribution in [2.75, 3.05) is 18.9 Å². The van der Waals surface area contributed by atoms with Gasteiger partial charge in [0.15, 0.2) is 0 Å². The second kappa shape index (κ2) is 7.11. The van der Waals surface area contributed by atoms with Gasteiger partial charge in [0.25, 0.3) is 0 Å². The molecule has 1 aromatic carbocycles. The van der Waals surface area contributed by atoms with Crippen LogP contribution >= 0.6 is 11.6 Å². The van der Waals surface area contributed by atoms with Gasteiger partial charge in [-0.25, -0.2) is 4.98 Å². The summed E-state index contributed by atoms with van der Waals surface area (Å²) in [7, 11) is 2.00. The standard InChI is InChI=1S/C18H20ClN3O/c1-22(12-18(23)21-17-10-9-14(19)11-20-17)16-8-4-6-13-5-2-3-7-15(13)16/h2-3,5,7,9-11,16H,4,6,8,12H2,1H3,(H,20,21,23). The molecule has 5 heteroatoms. The molecule has 0 fully saturated rings.